The van der Waals surface area contributed by atoms with Gasteiger partial charge in [0.05, 0.1) is 11.9 Å². The highest BCUT2D eigenvalue weighted by molar-refractivity contribution is 7.18. The van der Waals surface area contributed by atoms with Gasteiger partial charge in [0.25, 0.3) is 5.91 Å². The molecule has 2 heterocycles. The second-order valence-electron chi connectivity index (χ2n) is 4.86. The van der Waals surface area contributed by atoms with Gasteiger partial charge in [-0.05, 0) is 5.92 Å². The van der Waals surface area contributed by atoms with Gasteiger partial charge in [-0.25, -0.2) is 4.98 Å². The zero-order valence-corrected chi connectivity index (χ0v) is 12.5. The van der Waals surface area contributed by atoms with E-state index >= 15 is 0 Å². The molecule has 0 saturated heterocycles. The van der Waals surface area contributed by atoms with Crippen molar-refractivity contribution in [2.75, 3.05) is 22.9 Å². The predicted octanol–water partition coefficient (Wildman–Crippen LogP) is 1.78. The lowest BCUT2D eigenvalue weighted by Crippen LogP contribution is -2.11. The van der Waals surface area contributed by atoms with Crippen LogP contribution in [0.3, 0.4) is 0 Å². The number of nitrogens with zero attached hydrogens (tertiary/aromatic N) is 3. The molecule has 0 unspecified atom stereocenters. The highest BCUT2D eigenvalue weighted by Crippen LogP contribution is 2.26. The molecular formula is C12H18N6OS. The Morgan fingerprint density at radius 3 is 2.90 bits per heavy atom. The number of carbonyl (C=O) groups is 1. The molecule has 2 aromatic rings. The van der Waals surface area contributed by atoms with E-state index in [0.717, 1.165) is 6.54 Å². The Bertz CT molecular complexity index is 603. The molecule has 0 spiro atoms. The first-order valence-electron chi connectivity index (χ1n) is 6.26. The van der Waals surface area contributed by atoms with Gasteiger partial charge in [0.2, 0.25) is 0 Å². The van der Waals surface area contributed by atoms with Crippen LogP contribution in [0.2, 0.25) is 0 Å². The minimum absolute atomic E-state index is 0.239. The van der Waals surface area contributed by atoms with E-state index in [0.29, 0.717) is 21.6 Å². The van der Waals surface area contributed by atoms with Gasteiger partial charge in [-0.1, -0.05) is 25.2 Å². The summed E-state index contributed by atoms with van der Waals surface area (Å²) in [5, 5.41) is 10.5. The number of hydrogen-bond acceptors (Lipinski definition) is 6. The molecule has 2 rings (SSSR count). The predicted molar refractivity (Wildman–Crippen MR) is 81.0 cm³/mol. The number of thiazole rings is 1. The molecule has 0 aliphatic rings. The number of amides is 1. The average molecular weight is 294 g/mol. The molecule has 20 heavy (non-hydrogen) atoms. The van der Waals surface area contributed by atoms with Crippen molar-refractivity contribution < 1.29 is 4.79 Å². The molecule has 0 saturated carbocycles. The lowest BCUT2D eigenvalue weighted by atomic mass is 10.2. The van der Waals surface area contributed by atoms with Crippen LogP contribution in [0.15, 0.2) is 12.4 Å². The van der Waals surface area contributed by atoms with Gasteiger partial charge >= 0.3 is 0 Å². The summed E-state index contributed by atoms with van der Waals surface area (Å²) in [7, 11) is 1.78. The topological polar surface area (TPSA) is 97.9 Å². The van der Waals surface area contributed by atoms with Crippen LogP contribution in [0.1, 0.15) is 23.5 Å². The van der Waals surface area contributed by atoms with Crippen molar-refractivity contribution in [2.24, 2.45) is 13.0 Å². The number of nitrogens with two attached hydrogens (primary N) is 1. The Morgan fingerprint density at radius 2 is 2.30 bits per heavy atom. The Labute approximate surface area is 121 Å². The SMILES string of the molecule is CC(C)CNc1nc(N)c(C(=O)Nc2cnn(C)c2)s1. The molecule has 0 aliphatic heterocycles. The molecule has 1 amide bonds. The number of carbonyl (C=O) groups excluding carboxylic acids is 1. The molecule has 8 heteroatoms. The Balaban J connectivity index is 2.06. The quantitative estimate of drug-likeness (QED) is 0.781. The molecule has 0 aliphatic carbocycles. The van der Waals surface area contributed by atoms with Crippen LogP contribution in [0, 0.1) is 5.92 Å². The summed E-state index contributed by atoms with van der Waals surface area (Å²) in [6, 6.07) is 0. The lowest BCUT2D eigenvalue weighted by Gasteiger charge is -2.04. The smallest absolute Gasteiger partial charge is 0.269 e. The molecule has 4 N–H and O–H groups in total. The maximum atomic E-state index is 12.1. The third-order valence-corrected chi connectivity index (χ3v) is 3.51. The van der Waals surface area contributed by atoms with Crippen LogP contribution in [0.4, 0.5) is 16.6 Å². The van der Waals surface area contributed by atoms with Gasteiger partial charge in [-0.15, -0.1) is 0 Å². The molecular weight excluding hydrogens is 276 g/mol. The highest BCUT2D eigenvalue weighted by Gasteiger charge is 2.16. The van der Waals surface area contributed by atoms with Crippen molar-refractivity contribution in [3.05, 3.63) is 17.3 Å². The first-order valence-corrected chi connectivity index (χ1v) is 7.07. The molecule has 108 valence electrons. The Kier molecular flexibility index (Phi) is 4.23. The monoisotopic (exact) mass is 294 g/mol. The summed E-state index contributed by atoms with van der Waals surface area (Å²) in [5.41, 5.74) is 6.41. The van der Waals surface area contributed by atoms with Gasteiger partial charge in [0.15, 0.2) is 5.13 Å². The third-order valence-electron chi connectivity index (χ3n) is 2.48. The van der Waals surface area contributed by atoms with Crippen molar-refractivity contribution in [2.45, 2.75) is 13.8 Å². The maximum Gasteiger partial charge on any atom is 0.269 e. The number of anilines is 3. The van der Waals surface area contributed by atoms with Crippen LogP contribution in [-0.4, -0.2) is 27.2 Å². The number of nitrogens with one attached hydrogen (secondary N) is 2. The molecule has 0 radical (unpaired) electrons. The van der Waals surface area contributed by atoms with Crippen LogP contribution in [0.25, 0.3) is 0 Å². The normalized spacial score (nSPS) is 10.8. The average Bonchev–Trinajstić information content (AvgIpc) is 2.93. The van der Waals surface area contributed by atoms with E-state index in [1.807, 2.05) is 0 Å². The summed E-state index contributed by atoms with van der Waals surface area (Å²) < 4.78 is 1.61. The number of hydrogen-bond donors (Lipinski definition) is 3. The minimum Gasteiger partial charge on any atom is -0.382 e. The van der Waals surface area contributed by atoms with Crippen molar-refractivity contribution in [3.63, 3.8) is 0 Å². The summed E-state index contributed by atoms with van der Waals surface area (Å²) in [6.45, 7) is 4.98. The van der Waals surface area contributed by atoms with E-state index in [1.54, 1.807) is 24.1 Å². The molecule has 0 fully saturated rings. The van der Waals surface area contributed by atoms with Crippen LogP contribution in [-0.2, 0) is 7.05 Å². The summed E-state index contributed by atoms with van der Waals surface area (Å²) >= 11 is 1.25. The van der Waals surface area contributed by atoms with Crippen molar-refractivity contribution in [1.29, 1.82) is 0 Å². The fraction of sp³-hybridized carbons (Fsp3) is 0.417. The first-order chi connectivity index (χ1) is 9.45. The van der Waals surface area contributed by atoms with Crippen molar-refractivity contribution in [3.8, 4) is 0 Å². The summed E-state index contributed by atoms with van der Waals surface area (Å²) in [4.78, 5) is 16.7. The van der Waals surface area contributed by atoms with Crippen molar-refractivity contribution in [1.82, 2.24) is 14.8 Å². The standard InChI is InChI=1S/C12H18N6OS/c1-7(2)4-14-12-17-10(13)9(20-12)11(19)16-8-5-15-18(3)6-8/h5-7H,4,13H2,1-3H3,(H,14,17)(H,16,19). The third kappa shape index (κ3) is 3.47. The van der Waals surface area contributed by atoms with E-state index in [2.05, 4.69) is 34.6 Å². The molecule has 2 aromatic heterocycles. The second kappa shape index (κ2) is 5.91. The Hall–Kier alpha value is -2.09. The minimum atomic E-state index is -0.273. The van der Waals surface area contributed by atoms with Gasteiger partial charge in [0.1, 0.15) is 10.7 Å². The molecule has 7 nitrogen and oxygen atoms in total. The number of nitrogen functional groups attached to an aromatic ring is 1. The van der Waals surface area contributed by atoms with E-state index in [-0.39, 0.29) is 11.7 Å². The van der Waals surface area contributed by atoms with Crippen LogP contribution in [0.5, 0.6) is 0 Å². The van der Waals surface area contributed by atoms with E-state index in [9.17, 15) is 4.79 Å². The van der Waals surface area contributed by atoms with Crippen molar-refractivity contribution >= 4 is 33.9 Å². The number of aromatic nitrogens is 3. The Morgan fingerprint density at radius 1 is 1.55 bits per heavy atom. The molecule has 0 aromatic carbocycles. The highest BCUT2D eigenvalue weighted by atomic mass is 32.1. The second-order valence-corrected chi connectivity index (χ2v) is 5.86. The fourth-order valence-corrected chi connectivity index (χ4v) is 2.32. The molecule has 0 bridgehead atoms. The van der Waals surface area contributed by atoms with E-state index in [1.165, 1.54) is 11.3 Å². The molecule has 0 atom stereocenters. The fourth-order valence-electron chi connectivity index (χ4n) is 1.54. The van der Waals surface area contributed by atoms with Crippen LogP contribution >= 0.6 is 11.3 Å². The summed E-state index contributed by atoms with van der Waals surface area (Å²) in [6.07, 6.45) is 3.29. The lowest BCUT2D eigenvalue weighted by molar-refractivity contribution is 0.103. The number of rotatable bonds is 5. The van der Waals surface area contributed by atoms with Crippen LogP contribution < -0.4 is 16.4 Å². The number of aryl methyl sites for hydroxylation is 1. The maximum absolute atomic E-state index is 12.1. The van der Waals surface area contributed by atoms with E-state index in [4.69, 9.17) is 5.73 Å². The van der Waals surface area contributed by atoms with Gasteiger partial charge in [-0.3, -0.25) is 9.48 Å². The van der Waals surface area contributed by atoms with Gasteiger partial charge in [0, 0.05) is 19.8 Å². The van der Waals surface area contributed by atoms with Gasteiger partial charge < -0.3 is 16.4 Å². The zero-order chi connectivity index (χ0) is 14.7. The summed E-state index contributed by atoms with van der Waals surface area (Å²) in [5.74, 6) is 0.459. The zero-order valence-electron chi connectivity index (χ0n) is 11.7. The van der Waals surface area contributed by atoms with Gasteiger partial charge in [-0.2, -0.15) is 5.10 Å². The first kappa shape index (κ1) is 14.3. The van der Waals surface area contributed by atoms with E-state index < -0.39 is 0 Å². The largest absolute Gasteiger partial charge is 0.382 e.